The van der Waals surface area contributed by atoms with Crippen molar-refractivity contribution in [1.82, 2.24) is 19.3 Å². The molecule has 0 unspecified atom stereocenters. The monoisotopic (exact) mass is 336 g/mol. The molecular weight excluding hydrogens is 323 g/mol. The zero-order valence-electron chi connectivity index (χ0n) is 11.0. The Balaban J connectivity index is 2.35. The summed E-state index contributed by atoms with van der Waals surface area (Å²) in [7, 11) is 1.43. The average Bonchev–Trinajstić information content (AvgIpc) is 2.96. The lowest BCUT2D eigenvalue weighted by molar-refractivity contribution is 0.593. The number of hydrogen-bond donors (Lipinski definition) is 0. The molecule has 9 heteroatoms. The van der Waals surface area contributed by atoms with Gasteiger partial charge in [0.05, 0.1) is 29.3 Å². The van der Waals surface area contributed by atoms with Gasteiger partial charge in [0.15, 0.2) is 5.03 Å². The molecule has 0 saturated carbocycles. The molecule has 20 heavy (non-hydrogen) atoms. The molecule has 0 aromatic carbocycles. The first kappa shape index (κ1) is 15.3. The number of aromatic nitrogens is 4. The van der Waals surface area contributed by atoms with Gasteiger partial charge in [0.1, 0.15) is 0 Å². The summed E-state index contributed by atoms with van der Waals surface area (Å²) in [6, 6.07) is 0. The van der Waals surface area contributed by atoms with Crippen molar-refractivity contribution in [3.63, 3.8) is 0 Å². The largest absolute Gasteiger partial charge is 0.330 e. The summed E-state index contributed by atoms with van der Waals surface area (Å²) in [5.74, 6) is 0. The molecule has 0 amide bonds. The van der Waals surface area contributed by atoms with Crippen LogP contribution >= 0.6 is 22.3 Å². The third-order valence-electron chi connectivity index (χ3n) is 2.89. The van der Waals surface area contributed by atoms with Gasteiger partial charge in [-0.2, -0.15) is 5.10 Å². The van der Waals surface area contributed by atoms with Crippen LogP contribution in [0.15, 0.2) is 17.6 Å². The fourth-order valence-corrected chi connectivity index (χ4v) is 2.90. The Hall–Kier alpha value is -1.05. The number of rotatable bonds is 5. The second-order valence-corrected chi connectivity index (χ2v) is 7.09. The van der Waals surface area contributed by atoms with Crippen LogP contribution in [-0.4, -0.2) is 27.7 Å². The number of hydrogen-bond acceptors (Lipinski definition) is 4. The van der Waals surface area contributed by atoms with Crippen LogP contribution in [0.1, 0.15) is 25.2 Å². The van der Waals surface area contributed by atoms with Crippen molar-refractivity contribution in [2.45, 2.75) is 38.4 Å². The maximum atomic E-state index is 11.2. The lowest BCUT2D eigenvalue weighted by atomic mass is 10.3. The van der Waals surface area contributed by atoms with Gasteiger partial charge in [0, 0.05) is 23.4 Å². The molecule has 2 heterocycles. The third kappa shape index (κ3) is 2.99. The fraction of sp³-hybridized carbons (Fsp3) is 0.455. The lowest BCUT2D eigenvalue weighted by Gasteiger charge is -2.05. The minimum Gasteiger partial charge on any atom is -0.330 e. The van der Waals surface area contributed by atoms with E-state index in [1.807, 2.05) is 13.8 Å². The molecule has 0 N–H and O–H groups in total. The molecule has 2 rings (SSSR count). The molecule has 0 bridgehead atoms. The van der Waals surface area contributed by atoms with Crippen LogP contribution in [-0.2, 0) is 28.6 Å². The minimum atomic E-state index is -3.81. The smallest absolute Gasteiger partial charge is 0.280 e. The van der Waals surface area contributed by atoms with Crippen LogP contribution in [0, 0.1) is 0 Å². The fourth-order valence-electron chi connectivity index (χ4n) is 1.89. The molecule has 0 spiro atoms. The summed E-state index contributed by atoms with van der Waals surface area (Å²) >= 11 is 6.29. The molecule has 0 atom stereocenters. The van der Waals surface area contributed by atoms with Crippen molar-refractivity contribution in [2.75, 3.05) is 0 Å². The maximum absolute atomic E-state index is 11.2. The quantitative estimate of drug-likeness (QED) is 0.785. The SMILES string of the molecule is CCc1nn(CC)c(Cn2cnc(S(=O)(=O)Cl)c2)c1Cl. The van der Waals surface area contributed by atoms with Gasteiger partial charge in [-0.05, 0) is 13.3 Å². The highest BCUT2D eigenvalue weighted by atomic mass is 35.7. The van der Waals surface area contributed by atoms with E-state index in [0.717, 1.165) is 17.8 Å². The number of halogens is 2. The van der Waals surface area contributed by atoms with Crippen molar-refractivity contribution < 1.29 is 8.42 Å². The highest BCUT2D eigenvalue weighted by Crippen LogP contribution is 2.23. The first-order valence-corrected chi connectivity index (χ1v) is 8.76. The molecule has 0 aliphatic heterocycles. The third-order valence-corrected chi connectivity index (χ3v) is 4.51. The van der Waals surface area contributed by atoms with Crippen molar-refractivity contribution >= 4 is 31.3 Å². The normalized spacial score (nSPS) is 12.0. The molecule has 2 aromatic heterocycles. The lowest BCUT2D eigenvalue weighted by Crippen LogP contribution is -2.07. The second-order valence-electron chi connectivity index (χ2n) is 4.20. The summed E-state index contributed by atoms with van der Waals surface area (Å²) in [4.78, 5) is 3.77. The minimum absolute atomic E-state index is 0.173. The molecular formula is C11H14Cl2N4O2S. The van der Waals surface area contributed by atoms with E-state index in [1.165, 1.54) is 12.5 Å². The van der Waals surface area contributed by atoms with Crippen LogP contribution in [0.5, 0.6) is 0 Å². The Kier molecular flexibility index (Phi) is 4.41. The molecule has 0 radical (unpaired) electrons. The second kappa shape index (κ2) is 5.75. The standard InChI is InChI=1S/C11H14Cl2N4O2S/c1-3-8-11(12)9(17(4-2)15-8)5-16-6-10(14-7-16)20(13,18)19/h6-7H,3-5H2,1-2H3. The summed E-state index contributed by atoms with van der Waals surface area (Å²) in [6.07, 6.45) is 3.52. The van der Waals surface area contributed by atoms with Gasteiger partial charge in [0.2, 0.25) is 0 Å². The molecule has 0 aliphatic rings. The molecule has 110 valence electrons. The Morgan fingerprint density at radius 3 is 2.55 bits per heavy atom. The van der Waals surface area contributed by atoms with Gasteiger partial charge in [-0.15, -0.1) is 0 Å². The van der Waals surface area contributed by atoms with E-state index in [0.29, 0.717) is 18.1 Å². The van der Waals surface area contributed by atoms with Gasteiger partial charge in [-0.3, -0.25) is 4.68 Å². The van der Waals surface area contributed by atoms with E-state index >= 15 is 0 Å². The predicted molar refractivity (Wildman–Crippen MR) is 76.7 cm³/mol. The molecule has 0 fully saturated rings. The van der Waals surface area contributed by atoms with Gasteiger partial charge >= 0.3 is 0 Å². The van der Waals surface area contributed by atoms with E-state index in [-0.39, 0.29) is 5.03 Å². The van der Waals surface area contributed by atoms with Gasteiger partial charge < -0.3 is 4.57 Å². The predicted octanol–water partition coefficient (Wildman–Crippen LogP) is 2.29. The first-order valence-electron chi connectivity index (χ1n) is 6.07. The van der Waals surface area contributed by atoms with Gasteiger partial charge in [-0.1, -0.05) is 18.5 Å². The zero-order valence-corrected chi connectivity index (χ0v) is 13.4. The topological polar surface area (TPSA) is 69.8 Å². The van der Waals surface area contributed by atoms with Crippen molar-refractivity contribution in [3.8, 4) is 0 Å². The van der Waals surface area contributed by atoms with Crippen LogP contribution in [0.25, 0.3) is 0 Å². The van der Waals surface area contributed by atoms with Crippen LogP contribution in [0.4, 0.5) is 0 Å². The Morgan fingerprint density at radius 1 is 1.35 bits per heavy atom. The highest BCUT2D eigenvalue weighted by molar-refractivity contribution is 8.13. The summed E-state index contributed by atoms with van der Waals surface area (Å²) in [6.45, 7) is 5.02. The van der Waals surface area contributed by atoms with E-state index in [9.17, 15) is 8.42 Å². The van der Waals surface area contributed by atoms with Crippen molar-refractivity contribution in [2.24, 2.45) is 0 Å². The number of nitrogens with zero attached hydrogens (tertiary/aromatic N) is 4. The summed E-state index contributed by atoms with van der Waals surface area (Å²) < 4.78 is 25.8. The van der Waals surface area contributed by atoms with E-state index in [1.54, 1.807) is 9.25 Å². The Bertz CT molecular complexity index is 721. The summed E-state index contributed by atoms with van der Waals surface area (Å²) in [5, 5.41) is 4.84. The number of aryl methyl sites for hydroxylation is 2. The Labute approximate surface area is 126 Å². The van der Waals surface area contributed by atoms with Crippen LogP contribution < -0.4 is 0 Å². The van der Waals surface area contributed by atoms with Crippen LogP contribution in [0.3, 0.4) is 0 Å². The number of imidazole rings is 1. The molecule has 6 nitrogen and oxygen atoms in total. The highest BCUT2D eigenvalue weighted by Gasteiger charge is 2.17. The average molecular weight is 337 g/mol. The van der Waals surface area contributed by atoms with Crippen LogP contribution in [0.2, 0.25) is 5.02 Å². The van der Waals surface area contributed by atoms with E-state index in [4.69, 9.17) is 22.3 Å². The maximum Gasteiger partial charge on any atom is 0.280 e. The van der Waals surface area contributed by atoms with E-state index < -0.39 is 9.05 Å². The first-order chi connectivity index (χ1) is 9.36. The van der Waals surface area contributed by atoms with E-state index in [2.05, 4.69) is 10.1 Å². The molecule has 0 aliphatic carbocycles. The van der Waals surface area contributed by atoms with Crippen molar-refractivity contribution in [3.05, 3.63) is 28.9 Å². The van der Waals surface area contributed by atoms with Gasteiger partial charge in [0.25, 0.3) is 9.05 Å². The zero-order chi connectivity index (χ0) is 14.9. The van der Waals surface area contributed by atoms with Gasteiger partial charge in [-0.25, -0.2) is 13.4 Å². The Morgan fingerprint density at radius 2 is 2.05 bits per heavy atom. The van der Waals surface area contributed by atoms with Crippen molar-refractivity contribution in [1.29, 1.82) is 0 Å². The molecule has 0 saturated heterocycles. The summed E-state index contributed by atoms with van der Waals surface area (Å²) in [5.41, 5.74) is 1.65. The molecule has 2 aromatic rings.